The minimum Gasteiger partial charge on any atom is -0.391 e. The molecule has 2 atom stereocenters. The van der Waals surface area contributed by atoms with Crippen LogP contribution < -0.4 is 5.32 Å². The second-order valence-electron chi connectivity index (χ2n) is 4.48. The Bertz CT molecular complexity index is 436. The third kappa shape index (κ3) is 3.17. The fourth-order valence-corrected chi connectivity index (χ4v) is 2.65. The second kappa shape index (κ2) is 5.09. The first-order valence-corrected chi connectivity index (χ1v) is 6.48. The zero-order valence-electron chi connectivity index (χ0n) is 9.47. The second-order valence-corrected chi connectivity index (χ2v) is 5.39. The number of benzene rings is 1. The molecule has 2 rings (SSSR count). The molecule has 0 saturated heterocycles. The van der Waals surface area contributed by atoms with Crippen molar-refractivity contribution in [1.29, 1.82) is 0 Å². The van der Waals surface area contributed by atoms with E-state index in [4.69, 9.17) is 0 Å². The Balaban J connectivity index is 2.20. The van der Waals surface area contributed by atoms with E-state index in [2.05, 4.69) is 21.2 Å². The first kappa shape index (κ1) is 13.7. The van der Waals surface area contributed by atoms with Gasteiger partial charge < -0.3 is 10.4 Å². The van der Waals surface area contributed by atoms with E-state index in [1.807, 2.05) is 0 Å². The summed E-state index contributed by atoms with van der Waals surface area (Å²) in [4.78, 5) is 0. The van der Waals surface area contributed by atoms with Crippen LogP contribution in [0.5, 0.6) is 0 Å². The van der Waals surface area contributed by atoms with Crippen molar-refractivity contribution in [3.63, 3.8) is 0 Å². The molecule has 0 spiro atoms. The predicted molar refractivity (Wildman–Crippen MR) is 66.4 cm³/mol. The van der Waals surface area contributed by atoms with Crippen LogP contribution in [-0.4, -0.2) is 17.3 Å². The van der Waals surface area contributed by atoms with Gasteiger partial charge in [0, 0.05) is 10.2 Å². The summed E-state index contributed by atoms with van der Waals surface area (Å²) >= 11 is 3.07. The summed E-state index contributed by atoms with van der Waals surface area (Å²) in [6.45, 7) is 0. The smallest absolute Gasteiger partial charge is 0.391 e. The molecule has 0 unspecified atom stereocenters. The van der Waals surface area contributed by atoms with Crippen LogP contribution in [0.4, 0.5) is 18.9 Å². The zero-order chi connectivity index (χ0) is 13.3. The van der Waals surface area contributed by atoms with E-state index >= 15 is 0 Å². The lowest BCUT2D eigenvalue weighted by molar-refractivity contribution is -0.137. The normalized spacial score (nSPS) is 24.3. The monoisotopic (exact) mass is 323 g/mol. The van der Waals surface area contributed by atoms with Gasteiger partial charge in [-0.3, -0.25) is 0 Å². The summed E-state index contributed by atoms with van der Waals surface area (Å²) in [7, 11) is 0. The molecule has 0 radical (unpaired) electrons. The number of alkyl halides is 3. The van der Waals surface area contributed by atoms with Crippen LogP contribution in [0.2, 0.25) is 0 Å². The van der Waals surface area contributed by atoms with Crippen LogP contribution in [0.25, 0.3) is 0 Å². The quantitative estimate of drug-likeness (QED) is 0.867. The molecule has 1 aromatic rings. The van der Waals surface area contributed by atoms with Crippen molar-refractivity contribution in [3.05, 3.63) is 28.2 Å². The maximum Gasteiger partial charge on any atom is 0.416 e. The average Bonchev–Trinajstić information content (AvgIpc) is 2.62. The molecule has 6 heteroatoms. The van der Waals surface area contributed by atoms with Crippen molar-refractivity contribution in [2.45, 2.75) is 37.6 Å². The topological polar surface area (TPSA) is 32.3 Å². The number of hydrogen-bond donors (Lipinski definition) is 2. The van der Waals surface area contributed by atoms with Crippen molar-refractivity contribution in [1.82, 2.24) is 0 Å². The molecule has 0 bridgehead atoms. The SMILES string of the molecule is O[C@H]1CCC[C@@H]1Nc1cc(Br)cc(C(F)(F)F)c1. The molecule has 1 aliphatic carbocycles. The van der Waals surface area contributed by atoms with Crippen LogP contribution in [0.1, 0.15) is 24.8 Å². The molecule has 1 fully saturated rings. The number of aliphatic hydroxyl groups excluding tert-OH is 1. The van der Waals surface area contributed by atoms with Gasteiger partial charge in [-0.15, -0.1) is 0 Å². The van der Waals surface area contributed by atoms with Crippen molar-refractivity contribution < 1.29 is 18.3 Å². The largest absolute Gasteiger partial charge is 0.416 e. The molecule has 1 saturated carbocycles. The highest BCUT2D eigenvalue weighted by Gasteiger charge is 2.32. The van der Waals surface area contributed by atoms with Gasteiger partial charge in [-0.1, -0.05) is 15.9 Å². The lowest BCUT2D eigenvalue weighted by Crippen LogP contribution is -2.28. The van der Waals surface area contributed by atoms with Gasteiger partial charge in [0.15, 0.2) is 0 Å². The number of rotatable bonds is 2. The molecule has 0 heterocycles. The van der Waals surface area contributed by atoms with Crippen LogP contribution in [-0.2, 0) is 6.18 Å². The highest BCUT2D eigenvalue weighted by molar-refractivity contribution is 9.10. The van der Waals surface area contributed by atoms with E-state index in [0.717, 1.165) is 25.0 Å². The van der Waals surface area contributed by atoms with Crippen LogP contribution in [0.3, 0.4) is 0 Å². The molecule has 1 aliphatic rings. The van der Waals surface area contributed by atoms with Gasteiger partial charge in [0.25, 0.3) is 0 Å². The molecular formula is C12H13BrF3NO. The summed E-state index contributed by atoms with van der Waals surface area (Å²) in [5.41, 5.74) is -0.325. The van der Waals surface area contributed by atoms with Crippen molar-refractivity contribution in [2.75, 3.05) is 5.32 Å². The van der Waals surface area contributed by atoms with Crippen LogP contribution in [0, 0.1) is 0 Å². The van der Waals surface area contributed by atoms with Crippen molar-refractivity contribution >= 4 is 21.6 Å². The first-order chi connectivity index (χ1) is 8.36. The van der Waals surface area contributed by atoms with E-state index in [1.165, 1.54) is 0 Å². The minimum atomic E-state index is -4.37. The summed E-state index contributed by atoms with van der Waals surface area (Å²) in [6, 6.07) is 3.52. The van der Waals surface area contributed by atoms with Gasteiger partial charge in [-0.2, -0.15) is 13.2 Å². The summed E-state index contributed by atoms with van der Waals surface area (Å²) < 4.78 is 38.3. The fraction of sp³-hybridized carbons (Fsp3) is 0.500. The average molecular weight is 324 g/mol. The van der Waals surface area contributed by atoms with E-state index in [-0.39, 0.29) is 6.04 Å². The van der Waals surface area contributed by atoms with Gasteiger partial charge >= 0.3 is 6.18 Å². The lowest BCUT2D eigenvalue weighted by Gasteiger charge is -2.19. The third-order valence-electron chi connectivity index (χ3n) is 3.06. The summed E-state index contributed by atoms with van der Waals surface area (Å²) in [6.07, 6.45) is -2.50. The summed E-state index contributed by atoms with van der Waals surface area (Å²) in [5.74, 6) is 0. The van der Waals surface area contributed by atoms with Gasteiger partial charge in [-0.25, -0.2) is 0 Å². The first-order valence-electron chi connectivity index (χ1n) is 5.68. The van der Waals surface area contributed by atoms with Gasteiger partial charge in [-0.05, 0) is 37.5 Å². The maximum absolute atomic E-state index is 12.6. The van der Waals surface area contributed by atoms with Crippen molar-refractivity contribution in [2.24, 2.45) is 0 Å². The number of halogens is 4. The number of hydrogen-bond acceptors (Lipinski definition) is 2. The molecule has 0 aliphatic heterocycles. The standard InChI is InChI=1S/C12H13BrF3NO/c13-8-4-7(12(14,15)16)5-9(6-8)17-10-2-1-3-11(10)18/h4-6,10-11,17-18H,1-3H2/t10-,11-/m0/s1. The van der Waals surface area contributed by atoms with Gasteiger partial charge in [0.2, 0.25) is 0 Å². The Morgan fingerprint density at radius 1 is 1.22 bits per heavy atom. The number of aliphatic hydroxyl groups is 1. The summed E-state index contributed by atoms with van der Waals surface area (Å²) in [5, 5.41) is 12.6. The third-order valence-corrected chi connectivity index (χ3v) is 3.51. The van der Waals surface area contributed by atoms with E-state index in [1.54, 1.807) is 6.07 Å². The molecule has 2 N–H and O–H groups in total. The van der Waals surface area contributed by atoms with E-state index in [9.17, 15) is 18.3 Å². The molecule has 1 aromatic carbocycles. The Hall–Kier alpha value is -0.750. The molecule has 0 aromatic heterocycles. The maximum atomic E-state index is 12.6. The Morgan fingerprint density at radius 2 is 1.94 bits per heavy atom. The molecule has 18 heavy (non-hydrogen) atoms. The fourth-order valence-electron chi connectivity index (χ4n) is 2.16. The zero-order valence-corrected chi connectivity index (χ0v) is 11.1. The highest BCUT2D eigenvalue weighted by atomic mass is 79.9. The highest BCUT2D eigenvalue weighted by Crippen LogP contribution is 2.34. The molecular weight excluding hydrogens is 311 g/mol. The Labute approximate surface area is 111 Å². The van der Waals surface area contributed by atoms with Gasteiger partial charge in [0.1, 0.15) is 0 Å². The van der Waals surface area contributed by atoms with Gasteiger partial charge in [0.05, 0.1) is 17.7 Å². The minimum absolute atomic E-state index is 0.166. The molecule has 0 amide bonds. The van der Waals surface area contributed by atoms with Crippen LogP contribution in [0.15, 0.2) is 22.7 Å². The predicted octanol–water partition coefficient (Wildman–Crippen LogP) is 3.79. The Morgan fingerprint density at radius 3 is 2.50 bits per heavy atom. The van der Waals surface area contributed by atoms with E-state index in [0.29, 0.717) is 16.6 Å². The molecule has 100 valence electrons. The van der Waals surface area contributed by atoms with Crippen molar-refractivity contribution in [3.8, 4) is 0 Å². The molecule has 2 nitrogen and oxygen atoms in total. The number of nitrogens with one attached hydrogen (secondary N) is 1. The van der Waals surface area contributed by atoms with E-state index < -0.39 is 17.8 Å². The van der Waals surface area contributed by atoms with Crippen LogP contribution >= 0.6 is 15.9 Å². The Kier molecular flexibility index (Phi) is 3.87. The lowest BCUT2D eigenvalue weighted by atomic mass is 10.1. The number of anilines is 1.